The van der Waals surface area contributed by atoms with Gasteiger partial charge in [-0.2, -0.15) is 0 Å². The minimum absolute atomic E-state index is 0.0308. The number of hydrogen-bond acceptors (Lipinski definition) is 5. The Bertz CT molecular complexity index is 986. The van der Waals surface area contributed by atoms with Crippen molar-refractivity contribution < 1.29 is 19.5 Å². The van der Waals surface area contributed by atoms with Gasteiger partial charge in [0.2, 0.25) is 0 Å². The van der Waals surface area contributed by atoms with Crippen molar-refractivity contribution in [3.05, 3.63) is 84.1 Å². The summed E-state index contributed by atoms with van der Waals surface area (Å²) in [6.45, 7) is 2.63. The number of aliphatic carboxylic acids is 1. The Morgan fingerprint density at radius 3 is 2.57 bits per heavy atom. The minimum Gasteiger partial charge on any atom is -0.490 e. The number of oxime groups is 1. The summed E-state index contributed by atoms with van der Waals surface area (Å²) in [4.78, 5) is 20.6. The first-order valence-electron chi connectivity index (χ1n) is 9.80. The van der Waals surface area contributed by atoms with Gasteiger partial charge in [0.1, 0.15) is 12.4 Å². The smallest absolute Gasteiger partial charge is 0.307 e. The molecule has 154 valence electrons. The van der Waals surface area contributed by atoms with Gasteiger partial charge < -0.3 is 14.7 Å². The van der Waals surface area contributed by atoms with Crippen molar-refractivity contribution in [3.63, 3.8) is 0 Å². The molecule has 1 N–H and O–H groups in total. The van der Waals surface area contributed by atoms with Crippen molar-refractivity contribution >= 4 is 11.7 Å². The van der Waals surface area contributed by atoms with Gasteiger partial charge in [-0.05, 0) is 41.8 Å². The second kappa shape index (κ2) is 10.8. The van der Waals surface area contributed by atoms with Crippen molar-refractivity contribution in [1.29, 1.82) is 0 Å². The summed E-state index contributed by atoms with van der Waals surface area (Å²) in [5, 5.41) is 13.1. The molecule has 3 aromatic rings. The largest absolute Gasteiger partial charge is 0.490 e. The van der Waals surface area contributed by atoms with Crippen LogP contribution in [0.4, 0.5) is 0 Å². The SMILES string of the molecule is CCC(=NOCCOc1cccc(CC(=O)O)c1)c1ccc(-c2ccccn2)cc1. The highest BCUT2D eigenvalue weighted by Crippen LogP contribution is 2.18. The zero-order valence-electron chi connectivity index (χ0n) is 16.8. The molecule has 0 aliphatic rings. The molecule has 0 fully saturated rings. The van der Waals surface area contributed by atoms with Crippen LogP contribution >= 0.6 is 0 Å². The molecule has 0 aliphatic carbocycles. The summed E-state index contributed by atoms with van der Waals surface area (Å²) in [6, 6.07) is 21.0. The highest BCUT2D eigenvalue weighted by atomic mass is 16.6. The van der Waals surface area contributed by atoms with E-state index in [0.29, 0.717) is 24.5 Å². The van der Waals surface area contributed by atoms with E-state index >= 15 is 0 Å². The van der Waals surface area contributed by atoms with Gasteiger partial charge >= 0.3 is 5.97 Å². The van der Waals surface area contributed by atoms with Crippen LogP contribution in [-0.4, -0.2) is 35.0 Å². The lowest BCUT2D eigenvalue weighted by molar-refractivity contribution is -0.136. The molecule has 1 heterocycles. The standard InChI is InChI=1S/C24H24N2O4/c1-2-22(19-9-11-20(12-10-19)23-8-3-4-13-25-23)26-30-15-14-29-21-7-5-6-18(16-21)17-24(27)28/h3-13,16H,2,14-15,17H2,1H3,(H,27,28). The molecule has 0 aliphatic heterocycles. The Kier molecular flexibility index (Phi) is 7.55. The van der Waals surface area contributed by atoms with E-state index in [2.05, 4.69) is 10.1 Å². The highest BCUT2D eigenvalue weighted by molar-refractivity contribution is 6.00. The van der Waals surface area contributed by atoms with Gasteiger partial charge in [0.05, 0.1) is 17.8 Å². The zero-order valence-corrected chi connectivity index (χ0v) is 16.8. The number of carboxylic acids is 1. The molecule has 2 aromatic carbocycles. The monoisotopic (exact) mass is 404 g/mol. The summed E-state index contributed by atoms with van der Waals surface area (Å²) < 4.78 is 5.62. The van der Waals surface area contributed by atoms with Crippen molar-refractivity contribution in [1.82, 2.24) is 4.98 Å². The van der Waals surface area contributed by atoms with Crippen LogP contribution in [-0.2, 0) is 16.1 Å². The number of aromatic nitrogens is 1. The van der Waals surface area contributed by atoms with Gasteiger partial charge in [0.15, 0.2) is 6.61 Å². The first-order chi connectivity index (χ1) is 14.7. The topological polar surface area (TPSA) is 81.0 Å². The highest BCUT2D eigenvalue weighted by Gasteiger charge is 2.05. The predicted octanol–water partition coefficient (Wildman–Crippen LogP) is 4.59. The van der Waals surface area contributed by atoms with E-state index in [0.717, 1.165) is 29.0 Å². The van der Waals surface area contributed by atoms with Crippen molar-refractivity contribution in [2.75, 3.05) is 13.2 Å². The summed E-state index contributed by atoms with van der Waals surface area (Å²) in [6.07, 6.45) is 2.48. The second-order valence-electron chi connectivity index (χ2n) is 6.58. The summed E-state index contributed by atoms with van der Waals surface area (Å²) in [5.41, 5.74) is 4.53. The predicted molar refractivity (Wildman–Crippen MR) is 116 cm³/mol. The number of rotatable bonds is 10. The van der Waals surface area contributed by atoms with Gasteiger partial charge in [-0.1, -0.05) is 54.5 Å². The molecule has 6 nitrogen and oxygen atoms in total. The molecule has 0 atom stereocenters. The maximum Gasteiger partial charge on any atom is 0.307 e. The fourth-order valence-corrected chi connectivity index (χ4v) is 2.93. The van der Waals surface area contributed by atoms with Crippen LogP contribution in [0, 0.1) is 0 Å². The van der Waals surface area contributed by atoms with E-state index in [1.807, 2.05) is 49.4 Å². The number of ether oxygens (including phenoxy) is 1. The molecule has 0 saturated heterocycles. The molecule has 6 heteroatoms. The third kappa shape index (κ3) is 6.17. The van der Waals surface area contributed by atoms with E-state index < -0.39 is 5.97 Å². The van der Waals surface area contributed by atoms with Crippen LogP contribution in [0.15, 0.2) is 78.1 Å². The number of carbonyl (C=O) groups is 1. The van der Waals surface area contributed by atoms with E-state index in [9.17, 15) is 4.79 Å². The molecular weight excluding hydrogens is 380 g/mol. The summed E-state index contributed by atoms with van der Waals surface area (Å²) in [7, 11) is 0. The number of benzene rings is 2. The number of hydrogen-bond donors (Lipinski definition) is 1. The molecule has 30 heavy (non-hydrogen) atoms. The molecule has 0 amide bonds. The number of pyridine rings is 1. The van der Waals surface area contributed by atoms with Crippen LogP contribution in [0.5, 0.6) is 5.75 Å². The first-order valence-corrected chi connectivity index (χ1v) is 9.80. The van der Waals surface area contributed by atoms with Crippen molar-refractivity contribution in [3.8, 4) is 17.0 Å². The molecule has 0 spiro atoms. The van der Waals surface area contributed by atoms with Crippen molar-refractivity contribution in [2.24, 2.45) is 5.16 Å². The zero-order chi connectivity index (χ0) is 21.2. The maximum atomic E-state index is 10.8. The van der Waals surface area contributed by atoms with Gasteiger partial charge in [-0.3, -0.25) is 9.78 Å². The lowest BCUT2D eigenvalue weighted by Gasteiger charge is -2.08. The lowest BCUT2D eigenvalue weighted by atomic mass is 10.0. The van der Waals surface area contributed by atoms with Gasteiger partial charge in [-0.25, -0.2) is 0 Å². The van der Waals surface area contributed by atoms with Crippen molar-refractivity contribution in [2.45, 2.75) is 19.8 Å². The van der Waals surface area contributed by atoms with Crippen LogP contribution < -0.4 is 4.74 Å². The summed E-state index contributed by atoms with van der Waals surface area (Å²) >= 11 is 0. The maximum absolute atomic E-state index is 10.8. The van der Waals surface area contributed by atoms with E-state index in [4.69, 9.17) is 14.7 Å². The van der Waals surface area contributed by atoms with Crippen LogP contribution in [0.1, 0.15) is 24.5 Å². The average Bonchev–Trinajstić information content (AvgIpc) is 2.77. The molecule has 0 bridgehead atoms. The normalized spacial score (nSPS) is 11.2. The third-order valence-corrected chi connectivity index (χ3v) is 4.39. The Morgan fingerprint density at radius 1 is 1.03 bits per heavy atom. The van der Waals surface area contributed by atoms with Crippen LogP contribution in [0.2, 0.25) is 0 Å². The fourth-order valence-electron chi connectivity index (χ4n) is 2.93. The lowest BCUT2D eigenvalue weighted by Crippen LogP contribution is -2.07. The molecule has 3 rings (SSSR count). The fraction of sp³-hybridized carbons (Fsp3) is 0.208. The van der Waals surface area contributed by atoms with Gasteiger partial charge in [-0.15, -0.1) is 0 Å². The molecule has 0 saturated carbocycles. The number of carboxylic acid groups (broad SMARTS) is 1. The minimum atomic E-state index is -0.870. The Morgan fingerprint density at radius 2 is 1.87 bits per heavy atom. The Labute approximate surface area is 175 Å². The third-order valence-electron chi connectivity index (χ3n) is 4.39. The van der Waals surface area contributed by atoms with Crippen LogP contribution in [0.25, 0.3) is 11.3 Å². The quantitative estimate of drug-likeness (QED) is 0.304. The average molecular weight is 404 g/mol. The van der Waals surface area contributed by atoms with E-state index in [1.165, 1.54) is 0 Å². The van der Waals surface area contributed by atoms with Gasteiger partial charge in [0.25, 0.3) is 0 Å². The number of nitrogens with zero attached hydrogens (tertiary/aromatic N) is 2. The molecule has 0 unspecified atom stereocenters. The van der Waals surface area contributed by atoms with E-state index in [1.54, 1.807) is 30.5 Å². The van der Waals surface area contributed by atoms with Gasteiger partial charge in [0, 0.05) is 11.8 Å². The molecular formula is C24H24N2O4. The molecule has 0 radical (unpaired) electrons. The first kappa shape index (κ1) is 21.0. The Balaban J connectivity index is 1.52. The Hall–Kier alpha value is -3.67. The summed E-state index contributed by atoms with van der Waals surface area (Å²) in [5.74, 6) is -0.257. The second-order valence-corrected chi connectivity index (χ2v) is 6.58. The van der Waals surface area contributed by atoms with E-state index in [-0.39, 0.29) is 6.42 Å². The van der Waals surface area contributed by atoms with Crippen LogP contribution in [0.3, 0.4) is 0 Å². The molecule has 1 aromatic heterocycles.